The number of carbonyl (C=O) groups excluding carboxylic acids is 1. The van der Waals surface area contributed by atoms with E-state index in [4.69, 9.17) is 28.4 Å². The summed E-state index contributed by atoms with van der Waals surface area (Å²) in [6, 6.07) is 0. The maximum Gasteiger partial charge on any atom is 0.335 e. The molecule has 3 aliphatic heterocycles. The highest BCUT2D eigenvalue weighted by atomic mass is 16.8. The quantitative estimate of drug-likeness (QED) is 0.0773. The van der Waals surface area contributed by atoms with E-state index in [1.54, 1.807) is 0 Å². The van der Waals surface area contributed by atoms with Gasteiger partial charge < -0.3 is 89.4 Å². The molecule has 8 aliphatic rings. The summed E-state index contributed by atoms with van der Waals surface area (Å²) in [5, 5.41) is 118. The van der Waals surface area contributed by atoms with Crippen LogP contribution in [0.2, 0.25) is 0 Å². The molecule has 8 rings (SSSR count). The number of aliphatic hydroxyl groups is 10. The number of carbonyl (C=O) groups is 2. The normalized spacial score (nSPS) is 55.2. The van der Waals surface area contributed by atoms with Crippen LogP contribution in [-0.4, -0.2) is 186 Å². The fourth-order valence-electron chi connectivity index (χ4n) is 15.0. The standard InChI is InChI=1S/C48H76O19/c1-43(2)16-22-21-8-9-26-45(4)12-11-28(46(5,20-51)25(45)10-13-48(26,7)47(21,6)15-14-44(22,3)27(52)17-43)64-42-38(34(58)33(57)36(65-42)39(60)61)67-41-37(32(56)30(54)24(19-50)63-41)66-40-35(59)31(55)29(53)23(18-49)62-40/h8,20,22-38,40-42,49-50,52-59H,9-19H2,1-7H3,(H,60,61)/t22-,23+,24+,25?,26+,27+,28-,29+,30-,31-,32-,33-,34-,35+,36-,37+,38+,40-,41-,42+,44+,45-,46+,47+,48+/m0/s1. The first kappa shape index (κ1) is 51.6. The maximum atomic E-state index is 13.8. The van der Waals surface area contributed by atoms with Gasteiger partial charge in [-0.15, -0.1) is 0 Å². The van der Waals surface area contributed by atoms with Gasteiger partial charge >= 0.3 is 5.97 Å². The summed E-state index contributed by atoms with van der Waals surface area (Å²) in [6.45, 7) is 14.0. The van der Waals surface area contributed by atoms with Crippen molar-refractivity contribution < 1.29 is 94.2 Å². The number of hydrogen-bond donors (Lipinski definition) is 11. The van der Waals surface area contributed by atoms with Gasteiger partial charge in [0.05, 0.1) is 30.8 Å². The zero-order valence-corrected chi connectivity index (χ0v) is 39.7. The van der Waals surface area contributed by atoms with Gasteiger partial charge in [-0.25, -0.2) is 4.79 Å². The number of rotatable bonds is 10. The van der Waals surface area contributed by atoms with Gasteiger partial charge in [-0.3, -0.25) is 0 Å². The molecule has 0 radical (unpaired) electrons. The Labute approximate surface area is 391 Å². The van der Waals surface area contributed by atoms with Gasteiger partial charge in [-0.1, -0.05) is 60.1 Å². The molecule has 3 saturated heterocycles. The predicted molar refractivity (Wildman–Crippen MR) is 231 cm³/mol. The fraction of sp³-hybridized carbons (Fsp3) is 0.917. The lowest BCUT2D eigenvalue weighted by molar-refractivity contribution is -0.396. The Hall–Kier alpha value is -1.76. The van der Waals surface area contributed by atoms with Crippen LogP contribution < -0.4 is 0 Å². The van der Waals surface area contributed by atoms with Crippen molar-refractivity contribution in [1.29, 1.82) is 0 Å². The largest absolute Gasteiger partial charge is 0.479 e. The molecule has 67 heavy (non-hydrogen) atoms. The Bertz CT molecular complexity index is 1870. The fourth-order valence-corrected chi connectivity index (χ4v) is 15.0. The summed E-state index contributed by atoms with van der Waals surface area (Å²) in [6.07, 6.45) is -19.1. The molecule has 11 N–H and O–H groups in total. The number of hydrogen-bond acceptors (Lipinski definition) is 18. The molecule has 0 aromatic heterocycles. The lowest BCUT2D eigenvalue weighted by atomic mass is 9.33. The van der Waals surface area contributed by atoms with Gasteiger partial charge in [0, 0.05) is 5.41 Å². The summed E-state index contributed by atoms with van der Waals surface area (Å²) in [5.41, 5.74) is -0.555. The van der Waals surface area contributed by atoms with Crippen LogP contribution >= 0.6 is 0 Å². The van der Waals surface area contributed by atoms with Crippen molar-refractivity contribution in [3.05, 3.63) is 11.6 Å². The number of aliphatic hydroxyl groups excluding tert-OH is 10. The van der Waals surface area contributed by atoms with E-state index in [-0.39, 0.29) is 50.9 Å². The predicted octanol–water partition coefficient (Wildman–Crippen LogP) is -0.116. The van der Waals surface area contributed by atoms with Gasteiger partial charge in [0.2, 0.25) is 0 Å². The van der Waals surface area contributed by atoms with Gasteiger partial charge in [-0.05, 0) is 97.2 Å². The van der Waals surface area contributed by atoms with Crippen molar-refractivity contribution in [1.82, 2.24) is 0 Å². The Kier molecular flexibility index (Phi) is 13.9. The number of aldehydes is 1. The summed E-state index contributed by atoms with van der Waals surface area (Å²) in [7, 11) is 0. The SMILES string of the molecule is CC1(C)C[C@@H](O)[C@]2(C)CC[C@]3(C)C(=CC[C@@H]4[C@@]5(C)CC[C@H](O[C@@H]6O[C@H](C(=O)O)[C@@H](O)[C@H](O)[C@H]6O[C@@H]6O[C@H](CO)[C@H](O)[C@H](O)[C@H]6O[C@@H]6O[C@H](CO)[C@@H](O)[C@H](O)[C@H]6O)[C@](C)(C=O)C5CC[C@]43C)[C@@H]2C1. The molecule has 19 heteroatoms. The smallest absolute Gasteiger partial charge is 0.335 e. The van der Waals surface area contributed by atoms with Crippen molar-refractivity contribution in [2.45, 2.75) is 211 Å². The van der Waals surface area contributed by atoms with Crippen molar-refractivity contribution in [3.63, 3.8) is 0 Å². The van der Waals surface area contributed by atoms with Crippen LogP contribution in [0.3, 0.4) is 0 Å². The third kappa shape index (κ3) is 8.01. The number of carboxylic acids is 1. The lowest BCUT2D eigenvalue weighted by Gasteiger charge is -2.71. The topological polar surface area (TPSA) is 312 Å². The van der Waals surface area contributed by atoms with E-state index < -0.39 is 123 Å². The molecule has 1 unspecified atom stereocenters. The van der Waals surface area contributed by atoms with Gasteiger partial charge in [0.15, 0.2) is 25.0 Å². The Morgan fingerprint density at radius 1 is 0.657 bits per heavy atom. The lowest BCUT2D eigenvalue weighted by Crippen LogP contribution is -2.68. The number of allylic oxidation sites excluding steroid dienone is 2. The minimum Gasteiger partial charge on any atom is -0.479 e. The number of aliphatic carboxylic acids is 1. The first-order chi connectivity index (χ1) is 31.3. The van der Waals surface area contributed by atoms with Crippen LogP contribution in [0, 0.1) is 50.2 Å². The van der Waals surface area contributed by atoms with E-state index in [0.29, 0.717) is 19.3 Å². The number of carboxylic acid groups (broad SMARTS) is 1. The molecule has 0 aromatic rings. The second kappa shape index (κ2) is 18.1. The van der Waals surface area contributed by atoms with E-state index in [1.807, 2.05) is 6.92 Å². The molecule has 0 aromatic carbocycles. The second-order valence-electron chi connectivity index (χ2n) is 23.4. The summed E-state index contributed by atoms with van der Waals surface area (Å²) < 4.78 is 35.8. The van der Waals surface area contributed by atoms with Gasteiger partial charge in [0.25, 0.3) is 0 Å². The molecule has 3 heterocycles. The maximum absolute atomic E-state index is 13.8. The first-order valence-corrected chi connectivity index (χ1v) is 24.3. The average molecular weight is 957 g/mol. The zero-order chi connectivity index (χ0) is 49.1. The van der Waals surface area contributed by atoms with Crippen LogP contribution in [-0.2, 0) is 38.0 Å². The zero-order valence-electron chi connectivity index (χ0n) is 39.7. The van der Waals surface area contributed by atoms with Gasteiger partial charge in [-0.2, -0.15) is 0 Å². The Balaban J connectivity index is 1.08. The number of ether oxygens (including phenoxy) is 6. The Morgan fingerprint density at radius 2 is 1.24 bits per heavy atom. The van der Waals surface area contributed by atoms with Crippen molar-refractivity contribution >= 4 is 12.3 Å². The van der Waals surface area contributed by atoms with E-state index in [1.165, 1.54) is 5.57 Å². The van der Waals surface area contributed by atoms with Gasteiger partial charge in [0.1, 0.15) is 73.4 Å². The summed E-state index contributed by atoms with van der Waals surface area (Å²) in [5.74, 6) is -1.42. The molecule has 5 aliphatic carbocycles. The van der Waals surface area contributed by atoms with Crippen LogP contribution in [0.15, 0.2) is 11.6 Å². The molecule has 0 amide bonds. The number of fused-ring (bicyclic) bond motifs is 7. The van der Waals surface area contributed by atoms with Crippen LogP contribution in [0.4, 0.5) is 0 Å². The highest BCUT2D eigenvalue weighted by Crippen LogP contribution is 2.75. The average Bonchev–Trinajstić information content (AvgIpc) is 3.27. The van der Waals surface area contributed by atoms with E-state index in [9.17, 15) is 65.8 Å². The van der Waals surface area contributed by atoms with E-state index >= 15 is 0 Å². The van der Waals surface area contributed by atoms with Crippen LogP contribution in [0.1, 0.15) is 106 Å². The minimum atomic E-state index is -2.12. The van der Waals surface area contributed by atoms with Crippen molar-refractivity contribution in [2.75, 3.05) is 13.2 Å². The molecule has 19 nitrogen and oxygen atoms in total. The van der Waals surface area contributed by atoms with Crippen molar-refractivity contribution in [2.24, 2.45) is 50.2 Å². The molecule has 0 bridgehead atoms. The van der Waals surface area contributed by atoms with E-state index in [2.05, 4.69) is 47.6 Å². The molecular weight excluding hydrogens is 881 g/mol. The monoisotopic (exact) mass is 956 g/mol. The molecular formula is C48H76O19. The highest BCUT2D eigenvalue weighted by Gasteiger charge is 2.70. The molecule has 7 fully saturated rings. The van der Waals surface area contributed by atoms with Crippen LogP contribution in [0.5, 0.6) is 0 Å². The third-order valence-corrected chi connectivity index (χ3v) is 19.4. The third-order valence-electron chi connectivity index (χ3n) is 19.4. The second-order valence-corrected chi connectivity index (χ2v) is 23.4. The highest BCUT2D eigenvalue weighted by molar-refractivity contribution is 5.73. The summed E-state index contributed by atoms with van der Waals surface area (Å²) in [4.78, 5) is 26.2. The molecule has 4 saturated carbocycles. The molecule has 0 spiro atoms. The van der Waals surface area contributed by atoms with Crippen molar-refractivity contribution in [3.8, 4) is 0 Å². The molecule has 382 valence electrons. The minimum absolute atomic E-state index is 0.00247. The molecule has 25 atom stereocenters. The van der Waals surface area contributed by atoms with Crippen LogP contribution in [0.25, 0.3) is 0 Å². The van der Waals surface area contributed by atoms with E-state index in [0.717, 1.165) is 44.8 Å². The Morgan fingerprint density at radius 3 is 1.85 bits per heavy atom. The first-order valence-electron chi connectivity index (χ1n) is 24.3. The summed E-state index contributed by atoms with van der Waals surface area (Å²) >= 11 is 0.